The number of ether oxygens (including phenoxy) is 2. The van der Waals surface area contributed by atoms with E-state index in [2.05, 4.69) is 4.98 Å². The number of rotatable bonds is 4. The van der Waals surface area contributed by atoms with Crippen molar-refractivity contribution in [3.8, 4) is 22.6 Å². The smallest absolute Gasteiger partial charge is 0.339 e. The summed E-state index contributed by atoms with van der Waals surface area (Å²) in [6.07, 6.45) is 1.74. The first-order valence-electron chi connectivity index (χ1n) is 6.98. The fourth-order valence-electron chi connectivity index (χ4n) is 2.55. The molecule has 1 N–H and O–H groups in total. The number of methoxy groups -OCH3 is 2. The SMILES string of the molecule is COc1cc(-c2ccc3ncccc3c2)cc(C(=O)O)c1OC. The van der Waals surface area contributed by atoms with E-state index in [1.54, 1.807) is 18.3 Å². The third kappa shape index (κ3) is 2.68. The number of aromatic carboxylic acids is 1. The second kappa shape index (κ2) is 5.96. The van der Waals surface area contributed by atoms with Crippen LogP contribution in [0.2, 0.25) is 0 Å². The fraction of sp³-hybridized carbons (Fsp3) is 0.111. The largest absolute Gasteiger partial charge is 0.493 e. The van der Waals surface area contributed by atoms with Gasteiger partial charge in [0.05, 0.1) is 19.7 Å². The summed E-state index contributed by atoms with van der Waals surface area (Å²) in [5, 5.41) is 10.4. The van der Waals surface area contributed by atoms with E-state index >= 15 is 0 Å². The summed E-state index contributed by atoms with van der Waals surface area (Å²) >= 11 is 0. The molecule has 0 aliphatic rings. The standard InChI is InChI=1S/C18H15NO4/c1-22-16-10-13(9-14(18(20)21)17(16)23-2)11-5-6-15-12(8-11)4-3-7-19-15/h3-10H,1-2H3,(H,20,21). The van der Waals surface area contributed by atoms with Crippen molar-refractivity contribution in [3.05, 3.63) is 54.2 Å². The first kappa shape index (κ1) is 14.8. The topological polar surface area (TPSA) is 68.7 Å². The summed E-state index contributed by atoms with van der Waals surface area (Å²) in [6.45, 7) is 0. The van der Waals surface area contributed by atoms with E-state index < -0.39 is 5.97 Å². The number of benzene rings is 2. The molecule has 0 unspecified atom stereocenters. The Balaban J connectivity index is 2.21. The molecule has 3 rings (SSSR count). The van der Waals surface area contributed by atoms with Gasteiger partial charge in [-0.1, -0.05) is 12.1 Å². The first-order chi connectivity index (χ1) is 11.1. The molecule has 0 radical (unpaired) electrons. The average molecular weight is 309 g/mol. The molecule has 3 aromatic rings. The molecular formula is C18H15NO4. The number of carboxylic acid groups (broad SMARTS) is 1. The zero-order valence-corrected chi connectivity index (χ0v) is 12.7. The molecule has 0 spiro atoms. The van der Waals surface area contributed by atoms with Crippen LogP contribution >= 0.6 is 0 Å². The molecule has 116 valence electrons. The summed E-state index contributed by atoms with van der Waals surface area (Å²) < 4.78 is 10.4. The Labute approximate surface area is 133 Å². The van der Waals surface area contributed by atoms with Gasteiger partial charge in [-0.2, -0.15) is 0 Å². The molecule has 0 aliphatic heterocycles. The number of pyridine rings is 1. The minimum atomic E-state index is -1.07. The molecule has 0 atom stereocenters. The van der Waals surface area contributed by atoms with Gasteiger partial charge in [-0.05, 0) is 41.5 Å². The molecule has 0 saturated carbocycles. The molecule has 5 heteroatoms. The Morgan fingerprint density at radius 1 is 1.04 bits per heavy atom. The van der Waals surface area contributed by atoms with E-state index in [-0.39, 0.29) is 11.3 Å². The molecule has 0 aliphatic carbocycles. The maximum absolute atomic E-state index is 11.5. The Morgan fingerprint density at radius 2 is 1.87 bits per heavy atom. The van der Waals surface area contributed by atoms with Gasteiger partial charge in [-0.15, -0.1) is 0 Å². The molecule has 0 bridgehead atoms. The van der Waals surface area contributed by atoms with Crippen molar-refractivity contribution in [3.63, 3.8) is 0 Å². The van der Waals surface area contributed by atoms with Crippen LogP contribution in [0.25, 0.3) is 22.0 Å². The number of fused-ring (bicyclic) bond motifs is 1. The number of hydrogen-bond acceptors (Lipinski definition) is 4. The fourth-order valence-corrected chi connectivity index (χ4v) is 2.55. The maximum Gasteiger partial charge on any atom is 0.339 e. The van der Waals surface area contributed by atoms with Crippen LogP contribution in [0.4, 0.5) is 0 Å². The molecular weight excluding hydrogens is 294 g/mol. The molecule has 2 aromatic carbocycles. The van der Waals surface area contributed by atoms with E-state index in [4.69, 9.17) is 9.47 Å². The van der Waals surface area contributed by atoms with Gasteiger partial charge < -0.3 is 14.6 Å². The lowest BCUT2D eigenvalue weighted by Crippen LogP contribution is -2.03. The van der Waals surface area contributed by atoms with Gasteiger partial charge in [0, 0.05) is 11.6 Å². The van der Waals surface area contributed by atoms with Crippen LogP contribution in [-0.2, 0) is 0 Å². The predicted molar refractivity (Wildman–Crippen MR) is 87.2 cm³/mol. The van der Waals surface area contributed by atoms with Crippen LogP contribution in [0.1, 0.15) is 10.4 Å². The quantitative estimate of drug-likeness (QED) is 0.797. The van der Waals surface area contributed by atoms with E-state index in [1.165, 1.54) is 14.2 Å². The van der Waals surface area contributed by atoms with Crippen LogP contribution in [0.5, 0.6) is 11.5 Å². The Hall–Kier alpha value is -3.08. The highest BCUT2D eigenvalue weighted by atomic mass is 16.5. The molecule has 1 heterocycles. The van der Waals surface area contributed by atoms with E-state index in [0.29, 0.717) is 5.75 Å². The minimum absolute atomic E-state index is 0.0631. The van der Waals surface area contributed by atoms with Crippen LogP contribution in [-0.4, -0.2) is 30.3 Å². The van der Waals surface area contributed by atoms with E-state index in [0.717, 1.165) is 22.0 Å². The van der Waals surface area contributed by atoms with Gasteiger partial charge in [0.25, 0.3) is 0 Å². The van der Waals surface area contributed by atoms with Crippen LogP contribution in [0, 0.1) is 0 Å². The minimum Gasteiger partial charge on any atom is -0.493 e. The van der Waals surface area contributed by atoms with Gasteiger partial charge in [-0.25, -0.2) is 4.79 Å². The number of aromatic nitrogens is 1. The number of hydrogen-bond donors (Lipinski definition) is 1. The van der Waals surface area contributed by atoms with Crippen molar-refractivity contribution in [2.45, 2.75) is 0 Å². The van der Waals surface area contributed by atoms with Gasteiger partial charge in [-0.3, -0.25) is 4.98 Å². The van der Waals surface area contributed by atoms with Crippen molar-refractivity contribution in [2.75, 3.05) is 14.2 Å². The highest BCUT2D eigenvalue weighted by Gasteiger charge is 2.18. The second-order valence-electron chi connectivity index (χ2n) is 4.98. The molecule has 1 aromatic heterocycles. The Kier molecular flexibility index (Phi) is 3.85. The first-order valence-corrected chi connectivity index (χ1v) is 6.98. The highest BCUT2D eigenvalue weighted by molar-refractivity contribution is 5.95. The van der Waals surface area contributed by atoms with Gasteiger partial charge in [0.2, 0.25) is 0 Å². The Bertz CT molecular complexity index is 889. The van der Waals surface area contributed by atoms with Crippen molar-refractivity contribution < 1.29 is 19.4 Å². The molecule has 23 heavy (non-hydrogen) atoms. The van der Waals surface area contributed by atoms with Crippen LogP contribution in [0.3, 0.4) is 0 Å². The summed E-state index contributed by atoms with van der Waals surface area (Å²) in [5.74, 6) is -0.468. The summed E-state index contributed by atoms with van der Waals surface area (Å²) in [7, 11) is 2.91. The Morgan fingerprint density at radius 3 is 2.57 bits per heavy atom. The number of carboxylic acids is 1. The van der Waals surface area contributed by atoms with Crippen LogP contribution < -0.4 is 9.47 Å². The average Bonchev–Trinajstić information content (AvgIpc) is 2.59. The van der Waals surface area contributed by atoms with Crippen molar-refractivity contribution >= 4 is 16.9 Å². The summed E-state index contributed by atoms with van der Waals surface area (Å²) in [6, 6.07) is 13.0. The lowest BCUT2D eigenvalue weighted by atomic mass is 10.00. The van der Waals surface area contributed by atoms with Gasteiger partial charge in [0.1, 0.15) is 5.56 Å². The summed E-state index contributed by atoms with van der Waals surface area (Å²) in [4.78, 5) is 15.8. The number of carbonyl (C=O) groups is 1. The lowest BCUT2D eigenvalue weighted by Gasteiger charge is -2.13. The predicted octanol–water partition coefficient (Wildman–Crippen LogP) is 3.62. The third-order valence-electron chi connectivity index (χ3n) is 3.65. The van der Waals surface area contributed by atoms with Crippen molar-refractivity contribution in [1.82, 2.24) is 4.98 Å². The van der Waals surface area contributed by atoms with Crippen LogP contribution in [0.15, 0.2) is 48.7 Å². The monoisotopic (exact) mass is 309 g/mol. The maximum atomic E-state index is 11.5. The molecule has 0 fully saturated rings. The molecule has 0 amide bonds. The van der Waals surface area contributed by atoms with Crippen molar-refractivity contribution in [1.29, 1.82) is 0 Å². The number of nitrogens with zero attached hydrogens (tertiary/aromatic N) is 1. The van der Waals surface area contributed by atoms with Gasteiger partial charge in [0.15, 0.2) is 11.5 Å². The van der Waals surface area contributed by atoms with E-state index in [1.807, 2.05) is 30.3 Å². The zero-order chi connectivity index (χ0) is 16.4. The third-order valence-corrected chi connectivity index (χ3v) is 3.65. The zero-order valence-electron chi connectivity index (χ0n) is 12.7. The molecule has 5 nitrogen and oxygen atoms in total. The normalized spacial score (nSPS) is 10.5. The van der Waals surface area contributed by atoms with Gasteiger partial charge >= 0.3 is 5.97 Å². The molecule has 0 saturated heterocycles. The van der Waals surface area contributed by atoms with E-state index in [9.17, 15) is 9.90 Å². The highest BCUT2D eigenvalue weighted by Crippen LogP contribution is 2.37. The lowest BCUT2D eigenvalue weighted by molar-refractivity contribution is 0.0692. The summed E-state index contributed by atoms with van der Waals surface area (Å²) in [5.41, 5.74) is 2.57. The second-order valence-corrected chi connectivity index (χ2v) is 4.98. The van der Waals surface area contributed by atoms with Crippen molar-refractivity contribution in [2.24, 2.45) is 0 Å².